The van der Waals surface area contributed by atoms with Crippen LogP contribution in [0.3, 0.4) is 0 Å². The zero-order valence-corrected chi connectivity index (χ0v) is 24.3. The second-order valence-corrected chi connectivity index (χ2v) is 11.2. The number of esters is 1. The third-order valence-electron chi connectivity index (χ3n) is 5.74. The fraction of sp³-hybridized carbons (Fsp3) is 0.308. The molecule has 0 spiro atoms. The molecule has 15 heteroatoms. The first-order valence-electron chi connectivity index (χ1n) is 12.1. The highest BCUT2D eigenvalue weighted by atomic mass is 35.6. The summed E-state index contributed by atoms with van der Waals surface area (Å²) in [4.78, 5) is 68.5. The van der Waals surface area contributed by atoms with Crippen LogP contribution in [0.15, 0.2) is 47.5 Å². The Morgan fingerprint density at radius 3 is 2.34 bits per heavy atom. The van der Waals surface area contributed by atoms with Crippen molar-refractivity contribution in [2.24, 2.45) is 10.7 Å². The van der Waals surface area contributed by atoms with Crippen LogP contribution < -0.4 is 16.0 Å². The van der Waals surface area contributed by atoms with Crippen molar-refractivity contribution < 1.29 is 33.4 Å². The van der Waals surface area contributed by atoms with E-state index in [0.717, 1.165) is 0 Å². The van der Waals surface area contributed by atoms with E-state index in [-0.39, 0.29) is 49.0 Å². The largest absolute Gasteiger partial charge is 0.466 e. The van der Waals surface area contributed by atoms with Gasteiger partial charge in [0.15, 0.2) is 0 Å². The summed E-state index contributed by atoms with van der Waals surface area (Å²) < 4.78 is 7.82. The molecule has 0 unspecified atom stereocenters. The molecular weight excluding hydrogens is 601 g/mol. The molecule has 3 rings (SSSR count). The van der Waals surface area contributed by atoms with Gasteiger partial charge in [-0.1, -0.05) is 46.9 Å². The Kier molecular flexibility index (Phi) is 10.5. The molecule has 12 nitrogen and oxygen atoms in total. The summed E-state index contributed by atoms with van der Waals surface area (Å²) in [5, 5.41) is 2.71. The number of alkyl halides is 3. The van der Waals surface area contributed by atoms with E-state index in [1.54, 1.807) is 26.1 Å². The van der Waals surface area contributed by atoms with Gasteiger partial charge in [-0.15, -0.1) is 0 Å². The summed E-state index contributed by atoms with van der Waals surface area (Å²) in [6.45, 7) is 1.15. The van der Waals surface area contributed by atoms with Gasteiger partial charge in [-0.05, 0) is 37.3 Å². The maximum Gasteiger partial charge on any atom is 0.435 e. The first kappa shape index (κ1) is 31.7. The van der Waals surface area contributed by atoms with E-state index in [2.05, 4.69) is 10.3 Å². The van der Waals surface area contributed by atoms with E-state index in [4.69, 9.17) is 50.0 Å². The lowest BCUT2D eigenvalue weighted by molar-refractivity contribution is -0.143. The van der Waals surface area contributed by atoms with Gasteiger partial charge in [0.2, 0.25) is 9.70 Å². The number of benzene rings is 2. The predicted octanol–water partition coefficient (Wildman–Crippen LogP) is 3.52. The van der Waals surface area contributed by atoms with Crippen LogP contribution in [0.25, 0.3) is 0 Å². The predicted molar refractivity (Wildman–Crippen MR) is 154 cm³/mol. The van der Waals surface area contributed by atoms with Crippen molar-refractivity contribution in [2.75, 3.05) is 43.6 Å². The number of likely N-dealkylation sites (N-methyl/N-ethyl adjacent to an activating group) is 1. The van der Waals surface area contributed by atoms with E-state index in [1.807, 2.05) is 0 Å². The number of nitrogens with one attached hydrogen (secondary N) is 1. The van der Waals surface area contributed by atoms with Crippen LogP contribution in [-0.4, -0.2) is 77.7 Å². The molecular formula is C26H26Cl3N5O7. The standard InChI is InChI=1S/C26H26Cl3N5O7/c1-3-40-21(36)10-11-34-13-20(35)33(2)19-9-8-17(12-18(19)24(34)38)31-23(37)16-6-4-15(5-7-16)22(30)32-25(39)41-14-26(27,28)29/h4-9,12H,3,10-11,13-14H2,1-2H3,(H,31,37)(H2,30,32,39). The van der Waals surface area contributed by atoms with E-state index in [9.17, 15) is 24.0 Å². The molecule has 0 fully saturated rings. The molecule has 4 amide bonds. The summed E-state index contributed by atoms with van der Waals surface area (Å²) >= 11 is 16.6. The molecule has 0 aliphatic carbocycles. The van der Waals surface area contributed by atoms with Crippen LogP contribution in [0.5, 0.6) is 0 Å². The summed E-state index contributed by atoms with van der Waals surface area (Å²) in [7, 11) is 1.54. The Balaban J connectivity index is 1.73. The summed E-state index contributed by atoms with van der Waals surface area (Å²) in [6, 6.07) is 10.4. The first-order chi connectivity index (χ1) is 19.3. The van der Waals surface area contributed by atoms with E-state index < -0.39 is 34.3 Å². The van der Waals surface area contributed by atoms with Crippen molar-refractivity contribution in [2.45, 2.75) is 17.1 Å². The van der Waals surface area contributed by atoms with Crippen LogP contribution in [0.2, 0.25) is 0 Å². The van der Waals surface area contributed by atoms with Gasteiger partial charge in [-0.3, -0.25) is 19.2 Å². The fourth-order valence-corrected chi connectivity index (χ4v) is 3.86. The molecule has 0 saturated heterocycles. The van der Waals surface area contributed by atoms with E-state index in [0.29, 0.717) is 16.9 Å². The number of halogens is 3. The molecule has 0 bridgehead atoms. The van der Waals surface area contributed by atoms with Crippen LogP contribution in [0.4, 0.5) is 16.2 Å². The Bertz CT molecular complexity index is 1380. The summed E-state index contributed by atoms with van der Waals surface area (Å²) in [5.41, 5.74) is 7.24. The number of nitrogens with zero attached hydrogens (tertiary/aromatic N) is 3. The first-order valence-corrected chi connectivity index (χ1v) is 13.3. The molecule has 3 N–H and O–H groups in total. The SMILES string of the molecule is CCOC(=O)CCN1CC(=O)N(C)c2ccc(NC(=O)c3ccc(/C(N)=N/C(=O)OCC(Cl)(Cl)Cl)cc3)cc2C1=O. The second kappa shape index (κ2) is 13.7. The van der Waals surface area contributed by atoms with Crippen molar-refractivity contribution in [1.82, 2.24) is 4.90 Å². The molecule has 1 aliphatic rings. The number of anilines is 2. The fourth-order valence-electron chi connectivity index (χ4n) is 3.70. The highest BCUT2D eigenvalue weighted by Gasteiger charge is 2.30. The molecule has 0 saturated carbocycles. The highest BCUT2D eigenvalue weighted by molar-refractivity contribution is 6.67. The monoisotopic (exact) mass is 625 g/mol. The Hall–Kier alpha value is -3.87. The van der Waals surface area contributed by atoms with Crippen LogP contribution in [0, 0.1) is 0 Å². The normalized spacial score (nSPS) is 13.8. The minimum Gasteiger partial charge on any atom is -0.466 e. The number of amidine groups is 1. The molecule has 0 aromatic heterocycles. The number of amides is 4. The quantitative estimate of drug-likeness (QED) is 0.195. The molecule has 1 aliphatic heterocycles. The van der Waals surface area contributed by atoms with Gasteiger partial charge in [0.1, 0.15) is 19.0 Å². The number of carbonyl (C=O) groups excluding carboxylic acids is 5. The number of nitrogens with two attached hydrogens (primary N) is 1. The van der Waals surface area contributed by atoms with E-state index >= 15 is 0 Å². The summed E-state index contributed by atoms with van der Waals surface area (Å²) in [5.74, 6) is -1.96. The average molecular weight is 627 g/mol. The van der Waals surface area contributed by atoms with Crippen LogP contribution in [-0.2, 0) is 19.1 Å². The maximum atomic E-state index is 13.3. The van der Waals surface area contributed by atoms with Crippen LogP contribution >= 0.6 is 34.8 Å². The molecule has 2 aromatic rings. The number of hydrogen-bond donors (Lipinski definition) is 2. The lowest BCUT2D eigenvalue weighted by atomic mass is 10.1. The average Bonchev–Trinajstić information content (AvgIpc) is 3.00. The third-order valence-corrected chi connectivity index (χ3v) is 6.07. The zero-order chi connectivity index (χ0) is 30.3. The molecule has 1 heterocycles. The number of ether oxygens (including phenoxy) is 2. The highest BCUT2D eigenvalue weighted by Crippen LogP contribution is 2.28. The van der Waals surface area contributed by atoms with Gasteiger partial charge >= 0.3 is 12.1 Å². The third kappa shape index (κ3) is 8.81. The molecule has 0 radical (unpaired) electrons. The van der Waals surface area contributed by atoms with Crippen molar-refractivity contribution in [3.8, 4) is 0 Å². The Labute approximate surface area is 250 Å². The lowest BCUT2D eigenvalue weighted by Crippen LogP contribution is -2.39. The molecule has 0 atom stereocenters. The van der Waals surface area contributed by atoms with Gasteiger partial charge in [-0.25, -0.2) is 4.79 Å². The molecule has 41 heavy (non-hydrogen) atoms. The summed E-state index contributed by atoms with van der Waals surface area (Å²) in [6.07, 6.45) is -1.12. The minimum atomic E-state index is -1.80. The number of hydrogen-bond acceptors (Lipinski definition) is 7. The van der Waals surface area contributed by atoms with Gasteiger partial charge in [0.25, 0.3) is 11.8 Å². The smallest absolute Gasteiger partial charge is 0.435 e. The number of carbonyl (C=O) groups is 5. The molecule has 218 valence electrons. The lowest BCUT2D eigenvalue weighted by Gasteiger charge is -2.19. The van der Waals surface area contributed by atoms with Crippen molar-refractivity contribution in [1.29, 1.82) is 0 Å². The number of fused-ring (bicyclic) bond motifs is 1. The van der Waals surface area contributed by atoms with Gasteiger partial charge in [0, 0.05) is 30.4 Å². The second-order valence-electron chi connectivity index (χ2n) is 8.66. The van der Waals surface area contributed by atoms with Gasteiger partial charge in [-0.2, -0.15) is 4.99 Å². The van der Waals surface area contributed by atoms with E-state index in [1.165, 1.54) is 40.1 Å². The molecule has 2 aromatic carbocycles. The van der Waals surface area contributed by atoms with Crippen molar-refractivity contribution >= 4 is 81.8 Å². The maximum absolute atomic E-state index is 13.3. The van der Waals surface area contributed by atoms with Gasteiger partial charge in [0.05, 0.1) is 24.3 Å². The minimum absolute atomic E-state index is 0.00329. The Morgan fingerprint density at radius 1 is 1.05 bits per heavy atom. The number of aliphatic imine (C=N–C) groups is 1. The Morgan fingerprint density at radius 2 is 1.71 bits per heavy atom. The topological polar surface area (TPSA) is 161 Å². The zero-order valence-electron chi connectivity index (χ0n) is 22.0. The van der Waals surface area contributed by atoms with Gasteiger partial charge < -0.3 is 30.3 Å². The van der Waals surface area contributed by atoms with Crippen LogP contribution in [0.1, 0.15) is 39.6 Å². The number of rotatable bonds is 8. The van der Waals surface area contributed by atoms with Crippen molar-refractivity contribution in [3.63, 3.8) is 0 Å². The van der Waals surface area contributed by atoms with Crippen molar-refractivity contribution in [3.05, 3.63) is 59.2 Å².